The molecular weight excluding hydrogens is 572 g/mol. The Labute approximate surface area is 227 Å². The number of ether oxygens (including phenoxy) is 2. The van der Waals surface area contributed by atoms with Crippen molar-refractivity contribution in [3.63, 3.8) is 0 Å². The molecular formula is C24H22ClF6N5O4. The van der Waals surface area contributed by atoms with Gasteiger partial charge in [0.15, 0.2) is 5.92 Å². The Morgan fingerprint density at radius 1 is 1.02 bits per heavy atom. The molecule has 40 heavy (non-hydrogen) atoms. The van der Waals surface area contributed by atoms with Crippen molar-refractivity contribution in [1.82, 2.24) is 19.9 Å². The Balaban J connectivity index is 1.90. The summed E-state index contributed by atoms with van der Waals surface area (Å²) in [6, 6.07) is 3.73. The fraction of sp³-hybridized carbons (Fsp3) is 0.458. The number of hydrogen-bond acceptors (Lipinski definition) is 8. The Kier molecular flexibility index (Phi) is 8.15. The molecule has 1 atom stereocenters. The quantitative estimate of drug-likeness (QED) is 0.224. The lowest BCUT2D eigenvalue weighted by Crippen LogP contribution is -2.41. The van der Waals surface area contributed by atoms with E-state index in [1.807, 2.05) is 0 Å². The number of fused-ring (bicyclic) bond motifs is 3. The zero-order valence-electron chi connectivity index (χ0n) is 21.0. The highest BCUT2D eigenvalue weighted by Crippen LogP contribution is 2.41. The maximum atomic E-state index is 13.5. The molecule has 1 aliphatic rings. The Morgan fingerprint density at radius 3 is 2.12 bits per heavy atom. The number of esters is 2. The second-order valence-electron chi connectivity index (χ2n) is 8.74. The molecule has 16 heteroatoms. The van der Waals surface area contributed by atoms with Crippen LogP contribution in [0.2, 0.25) is 5.02 Å². The van der Waals surface area contributed by atoms with E-state index in [1.165, 1.54) is 13.8 Å². The van der Waals surface area contributed by atoms with E-state index < -0.39 is 60.3 Å². The minimum atomic E-state index is -5.32. The Morgan fingerprint density at radius 2 is 1.60 bits per heavy atom. The smallest absolute Gasteiger partial charge is 0.451 e. The number of halogens is 7. The first kappa shape index (κ1) is 29.4. The third kappa shape index (κ3) is 5.93. The van der Waals surface area contributed by atoms with E-state index in [0.29, 0.717) is 27.2 Å². The van der Waals surface area contributed by atoms with Crippen molar-refractivity contribution in [3.8, 4) is 0 Å². The first-order chi connectivity index (χ1) is 18.7. The summed E-state index contributed by atoms with van der Waals surface area (Å²) < 4.78 is 91.2. The van der Waals surface area contributed by atoms with Crippen LogP contribution < -0.4 is 4.90 Å². The summed E-state index contributed by atoms with van der Waals surface area (Å²) in [4.78, 5) is 38.9. The highest BCUT2D eigenvalue weighted by molar-refractivity contribution is 6.31. The highest BCUT2D eigenvalue weighted by Gasteiger charge is 2.44. The van der Waals surface area contributed by atoms with Gasteiger partial charge in [-0.05, 0) is 50.5 Å². The minimum Gasteiger partial charge on any atom is -0.465 e. The molecule has 0 radical (unpaired) electrons. The number of rotatable bonds is 7. The highest BCUT2D eigenvalue weighted by atomic mass is 35.5. The zero-order valence-corrected chi connectivity index (χ0v) is 21.7. The average molecular weight is 594 g/mol. The normalized spacial score (nSPS) is 15.8. The van der Waals surface area contributed by atoms with Crippen LogP contribution in [-0.4, -0.2) is 51.6 Å². The van der Waals surface area contributed by atoms with E-state index in [-0.39, 0.29) is 26.2 Å². The summed E-state index contributed by atoms with van der Waals surface area (Å²) in [7, 11) is 0. The number of hydrogen-bond donors (Lipinski definition) is 1. The molecule has 0 unspecified atom stereocenters. The van der Waals surface area contributed by atoms with Crippen molar-refractivity contribution >= 4 is 40.4 Å². The predicted molar refractivity (Wildman–Crippen MR) is 128 cm³/mol. The minimum absolute atomic E-state index is 0.0867. The Bertz CT molecular complexity index is 1380. The van der Waals surface area contributed by atoms with Gasteiger partial charge in [-0.1, -0.05) is 11.6 Å². The third-order valence-electron chi connectivity index (χ3n) is 6.20. The van der Waals surface area contributed by atoms with Crippen molar-refractivity contribution in [1.29, 1.82) is 0 Å². The van der Waals surface area contributed by atoms with Crippen LogP contribution in [0.3, 0.4) is 0 Å². The van der Waals surface area contributed by atoms with Crippen LogP contribution in [0.5, 0.6) is 0 Å². The number of nitrogens with one attached hydrogen (secondary N) is 1. The molecule has 216 valence electrons. The number of H-pyrrole nitrogens is 1. The monoisotopic (exact) mass is 593 g/mol. The third-order valence-corrected chi connectivity index (χ3v) is 6.44. The summed E-state index contributed by atoms with van der Waals surface area (Å²) in [6.45, 7) is 2.69. The lowest BCUT2D eigenvalue weighted by Gasteiger charge is -2.37. The molecule has 1 N–H and O–H groups in total. The summed E-state index contributed by atoms with van der Waals surface area (Å²) in [5, 5.41) is 1.06. The SMILES string of the molecule is CCOC(=O)C(C[C@H]1c2[nH]c3ccc(Cl)cc3c2CCN1c1nc(C(F)(F)F)nc(C(F)(F)F)n1)C(=O)OCC. The zero-order chi connectivity index (χ0) is 29.4. The number of nitrogens with zero attached hydrogens (tertiary/aromatic N) is 4. The summed E-state index contributed by atoms with van der Waals surface area (Å²) in [5.41, 5.74) is 1.57. The van der Waals surface area contributed by atoms with Crippen molar-refractivity contribution in [2.45, 2.75) is 45.1 Å². The lowest BCUT2D eigenvalue weighted by molar-refractivity contribution is -0.162. The molecule has 9 nitrogen and oxygen atoms in total. The standard InChI is InChI=1S/C24H22ClF6N5O4/c1-3-39-18(37)14(19(38)40-4-2)10-16-17-12(13-9-11(25)5-6-15(13)32-17)7-8-36(16)22-34-20(23(26,27)28)33-21(35-22)24(29,30)31/h5-6,9,14,16,32H,3-4,7-8,10H2,1-2H3/t16-/m0/s1. The number of aromatic amines is 1. The van der Waals surface area contributed by atoms with Crippen molar-refractivity contribution in [3.05, 3.63) is 46.1 Å². The van der Waals surface area contributed by atoms with Gasteiger partial charge in [0.2, 0.25) is 17.6 Å². The van der Waals surface area contributed by atoms with Crippen LogP contribution in [0, 0.1) is 5.92 Å². The predicted octanol–water partition coefficient (Wildman–Crippen LogP) is 5.28. The molecule has 1 aliphatic heterocycles. The summed E-state index contributed by atoms with van der Waals surface area (Å²) in [5.74, 6) is -8.48. The van der Waals surface area contributed by atoms with Gasteiger partial charge in [0.05, 0.1) is 19.3 Å². The van der Waals surface area contributed by atoms with E-state index in [4.69, 9.17) is 21.1 Å². The average Bonchev–Trinajstić information content (AvgIpc) is 3.24. The molecule has 0 aliphatic carbocycles. The topological polar surface area (TPSA) is 110 Å². The number of aromatic nitrogens is 4. The fourth-order valence-corrected chi connectivity index (χ4v) is 4.74. The molecule has 1 aromatic carbocycles. The molecule has 0 saturated heterocycles. The maximum Gasteiger partial charge on any atom is 0.451 e. The molecule has 0 saturated carbocycles. The van der Waals surface area contributed by atoms with Crippen LogP contribution in [0.25, 0.3) is 10.9 Å². The summed E-state index contributed by atoms with van der Waals surface area (Å²) in [6.07, 6.45) is -10.9. The van der Waals surface area contributed by atoms with E-state index >= 15 is 0 Å². The fourth-order valence-electron chi connectivity index (χ4n) is 4.57. The lowest BCUT2D eigenvalue weighted by atomic mass is 9.90. The van der Waals surface area contributed by atoms with E-state index in [1.54, 1.807) is 18.2 Å². The van der Waals surface area contributed by atoms with Gasteiger partial charge in [0.1, 0.15) is 0 Å². The molecule has 0 bridgehead atoms. The number of carbonyl (C=O) groups excluding carboxylic acids is 2. The van der Waals surface area contributed by atoms with Gasteiger partial charge >= 0.3 is 24.3 Å². The molecule has 2 aromatic heterocycles. The van der Waals surface area contributed by atoms with Crippen molar-refractivity contribution < 1.29 is 45.4 Å². The molecule has 0 amide bonds. The number of anilines is 1. The molecule has 0 spiro atoms. The van der Waals surface area contributed by atoms with Gasteiger partial charge in [-0.25, -0.2) is 4.98 Å². The van der Waals surface area contributed by atoms with Crippen LogP contribution in [-0.2, 0) is 37.8 Å². The largest absolute Gasteiger partial charge is 0.465 e. The summed E-state index contributed by atoms with van der Waals surface area (Å²) >= 11 is 6.15. The van der Waals surface area contributed by atoms with Gasteiger partial charge in [-0.3, -0.25) is 9.59 Å². The van der Waals surface area contributed by atoms with Crippen LogP contribution in [0.4, 0.5) is 32.3 Å². The van der Waals surface area contributed by atoms with Crippen LogP contribution in [0.1, 0.15) is 49.2 Å². The number of alkyl halides is 6. The van der Waals surface area contributed by atoms with Gasteiger partial charge in [0, 0.05) is 28.2 Å². The molecule has 4 rings (SSSR count). The van der Waals surface area contributed by atoms with Gasteiger partial charge in [-0.15, -0.1) is 0 Å². The van der Waals surface area contributed by atoms with Gasteiger partial charge in [-0.2, -0.15) is 36.3 Å². The van der Waals surface area contributed by atoms with Crippen molar-refractivity contribution in [2.24, 2.45) is 5.92 Å². The van der Waals surface area contributed by atoms with E-state index in [2.05, 4.69) is 19.9 Å². The van der Waals surface area contributed by atoms with Crippen LogP contribution in [0.15, 0.2) is 18.2 Å². The second kappa shape index (κ2) is 11.1. The van der Waals surface area contributed by atoms with Gasteiger partial charge in [0.25, 0.3) is 0 Å². The molecule has 3 aromatic rings. The first-order valence-electron chi connectivity index (χ1n) is 12.0. The Hall–Kier alpha value is -3.62. The second-order valence-corrected chi connectivity index (χ2v) is 9.17. The number of carbonyl (C=O) groups is 2. The van der Waals surface area contributed by atoms with Crippen molar-refractivity contribution in [2.75, 3.05) is 24.7 Å². The van der Waals surface area contributed by atoms with E-state index in [9.17, 15) is 35.9 Å². The molecule has 0 fully saturated rings. The van der Waals surface area contributed by atoms with E-state index in [0.717, 1.165) is 4.90 Å². The number of benzene rings is 1. The van der Waals surface area contributed by atoms with Gasteiger partial charge < -0.3 is 19.4 Å². The maximum absolute atomic E-state index is 13.5. The first-order valence-corrected chi connectivity index (χ1v) is 12.4. The molecule has 3 heterocycles. The van der Waals surface area contributed by atoms with Crippen LogP contribution >= 0.6 is 11.6 Å².